The Balaban J connectivity index is 1.81. The summed E-state index contributed by atoms with van der Waals surface area (Å²) in [5, 5.41) is 3.62. The maximum atomic E-state index is 14.6. The molecule has 1 amide bonds. The number of hydrogen-bond acceptors (Lipinski definition) is 5. The lowest BCUT2D eigenvalue weighted by molar-refractivity contribution is 0.0939. The molecule has 1 aromatic heterocycles. The lowest BCUT2D eigenvalue weighted by Gasteiger charge is -2.18. The van der Waals surface area contributed by atoms with Crippen LogP contribution in [-0.4, -0.2) is 39.7 Å². The van der Waals surface area contributed by atoms with Gasteiger partial charge in [-0.2, -0.15) is 0 Å². The second kappa shape index (κ2) is 8.50. The molecule has 0 bridgehead atoms. The van der Waals surface area contributed by atoms with Crippen LogP contribution in [0.5, 0.6) is 0 Å². The smallest absolute Gasteiger partial charge is 0.251 e. The van der Waals surface area contributed by atoms with Gasteiger partial charge >= 0.3 is 0 Å². The van der Waals surface area contributed by atoms with Crippen LogP contribution in [0.4, 0.5) is 15.9 Å². The molecule has 164 valence electrons. The highest BCUT2D eigenvalue weighted by Crippen LogP contribution is 2.26. The molecular weight excluding hydrogens is 419 g/mol. The molecular formula is C22H25FN4O3S. The Hall–Kier alpha value is -3.20. The van der Waals surface area contributed by atoms with Crippen molar-refractivity contribution in [3.8, 4) is 0 Å². The number of aryl methyl sites for hydroxylation is 1. The highest BCUT2D eigenvalue weighted by atomic mass is 32.2. The second-order valence-corrected chi connectivity index (χ2v) is 9.48. The molecule has 0 aliphatic carbocycles. The number of rotatable bonds is 6. The van der Waals surface area contributed by atoms with Gasteiger partial charge in [0.1, 0.15) is 11.6 Å². The molecule has 1 unspecified atom stereocenters. The Kier molecular flexibility index (Phi) is 6.17. The number of carbonyl (C=O) groups is 1. The first kappa shape index (κ1) is 22.5. The Morgan fingerprint density at radius 3 is 2.48 bits per heavy atom. The van der Waals surface area contributed by atoms with E-state index >= 15 is 0 Å². The minimum atomic E-state index is -3.52. The predicted octanol–water partition coefficient (Wildman–Crippen LogP) is 3.61. The molecule has 2 N–H and O–H groups in total. The number of halogens is 1. The molecule has 0 saturated heterocycles. The van der Waals surface area contributed by atoms with Crippen LogP contribution in [0.25, 0.3) is 10.9 Å². The second-order valence-electron chi connectivity index (χ2n) is 7.73. The number of fused-ring (bicyclic) bond motifs is 1. The zero-order valence-electron chi connectivity index (χ0n) is 18.0. The van der Waals surface area contributed by atoms with Crippen LogP contribution in [-0.2, 0) is 10.0 Å². The third kappa shape index (κ3) is 5.29. The average Bonchev–Trinajstić information content (AvgIpc) is 2.68. The number of aromatic nitrogens is 1. The number of carbonyl (C=O) groups excluding carboxylic acids is 1. The number of nitrogens with one attached hydrogen (secondary N) is 2. The average molecular weight is 445 g/mol. The lowest BCUT2D eigenvalue weighted by atomic mass is 10.0. The first-order valence-electron chi connectivity index (χ1n) is 9.61. The van der Waals surface area contributed by atoms with E-state index in [2.05, 4.69) is 15.0 Å². The summed E-state index contributed by atoms with van der Waals surface area (Å²) in [6, 6.07) is 11.0. The van der Waals surface area contributed by atoms with Gasteiger partial charge in [-0.15, -0.1) is 0 Å². The Bertz CT molecular complexity index is 1260. The molecule has 0 saturated carbocycles. The molecule has 1 heterocycles. The Morgan fingerprint density at radius 2 is 1.84 bits per heavy atom. The van der Waals surface area contributed by atoms with Crippen LogP contribution in [0.3, 0.4) is 0 Å². The highest BCUT2D eigenvalue weighted by molar-refractivity contribution is 7.92. The van der Waals surface area contributed by atoms with Gasteiger partial charge in [0.05, 0.1) is 23.5 Å². The summed E-state index contributed by atoms with van der Waals surface area (Å²) in [6.07, 6.45) is 1.00. The number of amides is 1. The standard InChI is InChI=1S/C22H25FN4O3S/c1-13-10-17(18(23)12-20(13)26-31(5,29)30)14(2)24-22(28)16-6-8-19-15(11-16)7-9-21(25-19)27(3)4/h6-12,14,26H,1-5H3,(H,24,28). The molecule has 0 aliphatic rings. The summed E-state index contributed by atoms with van der Waals surface area (Å²) in [6.45, 7) is 3.34. The van der Waals surface area contributed by atoms with Gasteiger partial charge in [-0.05, 0) is 61.9 Å². The fourth-order valence-electron chi connectivity index (χ4n) is 3.21. The van der Waals surface area contributed by atoms with Crippen LogP contribution in [0.1, 0.15) is 34.5 Å². The minimum absolute atomic E-state index is 0.168. The van der Waals surface area contributed by atoms with Crippen LogP contribution >= 0.6 is 0 Å². The van der Waals surface area contributed by atoms with Crippen molar-refractivity contribution in [1.82, 2.24) is 10.3 Å². The molecule has 7 nitrogen and oxygen atoms in total. The maximum Gasteiger partial charge on any atom is 0.251 e. The number of anilines is 2. The van der Waals surface area contributed by atoms with Gasteiger partial charge in [-0.25, -0.2) is 17.8 Å². The zero-order valence-corrected chi connectivity index (χ0v) is 18.8. The summed E-state index contributed by atoms with van der Waals surface area (Å²) in [5.41, 5.74) is 2.19. The lowest BCUT2D eigenvalue weighted by Crippen LogP contribution is -2.27. The van der Waals surface area contributed by atoms with Crippen molar-refractivity contribution < 1.29 is 17.6 Å². The maximum absolute atomic E-state index is 14.6. The van der Waals surface area contributed by atoms with Crippen LogP contribution in [0.15, 0.2) is 42.5 Å². The first-order chi connectivity index (χ1) is 14.4. The number of pyridine rings is 1. The molecule has 2 aromatic carbocycles. The van der Waals surface area contributed by atoms with Crippen molar-refractivity contribution in [3.05, 3.63) is 65.0 Å². The molecule has 1 atom stereocenters. The van der Waals surface area contributed by atoms with Crippen molar-refractivity contribution in [2.45, 2.75) is 19.9 Å². The quantitative estimate of drug-likeness (QED) is 0.606. The Morgan fingerprint density at radius 1 is 1.13 bits per heavy atom. The van der Waals surface area contributed by atoms with Crippen LogP contribution in [0.2, 0.25) is 0 Å². The van der Waals surface area contributed by atoms with Gasteiger partial charge in [0.25, 0.3) is 5.91 Å². The van der Waals surface area contributed by atoms with Crippen molar-refractivity contribution >= 4 is 38.3 Å². The highest BCUT2D eigenvalue weighted by Gasteiger charge is 2.18. The van der Waals surface area contributed by atoms with Gasteiger partial charge in [-0.3, -0.25) is 9.52 Å². The van der Waals surface area contributed by atoms with Gasteiger partial charge < -0.3 is 10.2 Å². The summed E-state index contributed by atoms with van der Waals surface area (Å²) >= 11 is 0. The largest absolute Gasteiger partial charge is 0.363 e. The molecule has 0 radical (unpaired) electrons. The first-order valence-corrected chi connectivity index (χ1v) is 11.5. The topological polar surface area (TPSA) is 91.4 Å². The molecule has 0 aliphatic heterocycles. The SMILES string of the molecule is Cc1cc(C(C)NC(=O)c2ccc3nc(N(C)C)ccc3c2)c(F)cc1NS(C)(=O)=O. The normalized spacial score (nSPS) is 12.5. The number of sulfonamides is 1. The van der Waals surface area contributed by atoms with Crippen LogP contribution < -0.4 is 14.9 Å². The van der Waals surface area contributed by atoms with E-state index in [4.69, 9.17) is 0 Å². The predicted molar refractivity (Wildman–Crippen MR) is 122 cm³/mol. The molecule has 31 heavy (non-hydrogen) atoms. The minimum Gasteiger partial charge on any atom is -0.363 e. The van der Waals surface area contributed by atoms with Gasteiger partial charge in [-0.1, -0.05) is 0 Å². The fraction of sp³-hybridized carbons (Fsp3) is 0.273. The van der Waals surface area contributed by atoms with E-state index in [1.54, 1.807) is 32.0 Å². The number of nitrogens with zero attached hydrogens (tertiary/aromatic N) is 2. The molecule has 3 aromatic rings. The van der Waals surface area contributed by atoms with Crippen LogP contribution in [0, 0.1) is 12.7 Å². The third-order valence-corrected chi connectivity index (χ3v) is 5.44. The van der Waals surface area contributed by atoms with E-state index in [-0.39, 0.29) is 17.2 Å². The van der Waals surface area contributed by atoms with Gasteiger partial charge in [0.15, 0.2) is 0 Å². The molecule has 0 fully saturated rings. The summed E-state index contributed by atoms with van der Waals surface area (Å²) < 4.78 is 39.8. The van der Waals surface area contributed by atoms with E-state index in [1.807, 2.05) is 31.1 Å². The third-order valence-electron chi connectivity index (χ3n) is 4.85. The number of benzene rings is 2. The zero-order chi connectivity index (χ0) is 22.9. The van der Waals surface area contributed by atoms with Crippen molar-refractivity contribution in [1.29, 1.82) is 0 Å². The molecule has 3 rings (SSSR count). The van der Waals surface area contributed by atoms with Crippen molar-refractivity contribution in [2.24, 2.45) is 0 Å². The molecule has 9 heteroatoms. The van der Waals surface area contributed by atoms with E-state index in [0.717, 1.165) is 29.0 Å². The summed E-state index contributed by atoms with van der Waals surface area (Å²) in [7, 11) is 0.285. The summed E-state index contributed by atoms with van der Waals surface area (Å²) in [5.74, 6) is -0.136. The van der Waals surface area contributed by atoms with E-state index < -0.39 is 21.9 Å². The monoisotopic (exact) mass is 444 g/mol. The molecule has 0 spiro atoms. The van der Waals surface area contributed by atoms with E-state index in [1.165, 1.54) is 6.07 Å². The van der Waals surface area contributed by atoms with E-state index in [0.29, 0.717) is 11.1 Å². The van der Waals surface area contributed by atoms with E-state index in [9.17, 15) is 17.6 Å². The Labute approximate surface area is 181 Å². The van der Waals surface area contributed by atoms with Gasteiger partial charge in [0, 0.05) is 30.6 Å². The van der Waals surface area contributed by atoms with Gasteiger partial charge in [0.2, 0.25) is 10.0 Å². The fourth-order valence-corrected chi connectivity index (χ4v) is 3.83. The number of hydrogen-bond donors (Lipinski definition) is 2. The van der Waals surface area contributed by atoms with Crippen molar-refractivity contribution in [3.63, 3.8) is 0 Å². The summed E-state index contributed by atoms with van der Waals surface area (Å²) in [4.78, 5) is 19.2. The van der Waals surface area contributed by atoms with Crippen molar-refractivity contribution in [2.75, 3.05) is 30.0 Å².